The van der Waals surface area contributed by atoms with E-state index in [2.05, 4.69) is 10.3 Å². The van der Waals surface area contributed by atoms with E-state index in [1.807, 2.05) is 25.1 Å². The summed E-state index contributed by atoms with van der Waals surface area (Å²) in [5.41, 5.74) is 7.65. The van der Waals surface area contributed by atoms with Gasteiger partial charge in [-0.1, -0.05) is 6.92 Å². The Labute approximate surface area is 100 Å². The smallest absolute Gasteiger partial charge is 0.0473 e. The zero-order valence-corrected chi connectivity index (χ0v) is 9.85. The molecule has 1 unspecified atom stereocenters. The van der Waals surface area contributed by atoms with Gasteiger partial charge in [0.05, 0.1) is 0 Å². The van der Waals surface area contributed by atoms with Crippen molar-refractivity contribution in [3.63, 3.8) is 0 Å². The number of aromatic nitrogens is 1. The van der Waals surface area contributed by atoms with Crippen molar-refractivity contribution < 1.29 is 5.11 Å². The third-order valence-corrected chi connectivity index (χ3v) is 2.80. The van der Waals surface area contributed by atoms with Crippen molar-refractivity contribution in [1.29, 1.82) is 0 Å². The molecule has 0 aliphatic rings. The van der Waals surface area contributed by atoms with Crippen LogP contribution in [-0.4, -0.2) is 23.2 Å². The van der Waals surface area contributed by atoms with Crippen molar-refractivity contribution in [1.82, 2.24) is 4.98 Å². The first-order valence-electron chi connectivity index (χ1n) is 5.69. The zero-order chi connectivity index (χ0) is 12.3. The molecule has 0 radical (unpaired) electrons. The van der Waals surface area contributed by atoms with Gasteiger partial charge in [-0.15, -0.1) is 0 Å². The number of pyridine rings is 1. The summed E-state index contributed by atoms with van der Waals surface area (Å²) in [6.07, 6.45) is 3.52. The largest absolute Gasteiger partial charge is 0.398 e. The van der Waals surface area contributed by atoms with Gasteiger partial charge in [0.15, 0.2) is 0 Å². The number of aliphatic hydroxyl groups is 1. The highest BCUT2D eigenvalue weighted by atomic mass is 16.3. The molecule has 0 aliphatic heterocycles. The Balaban J connectivity index is 2.32. The maximum Gasteiger partial charge on any atom is 0.0473 e. The van der Waals surface area contributed by atoms with Crippen molar-refractivity contribution in [3.05, 3.63) is 30.6 Å². The van der Waals surface area contributed by atoms with Gasteiger partial charge in [0, 0.05) is 47.7 Å². The van der Waals surface area contributed by atoms with Crippen LogP contribution in [-0.2, 0) is 0 Å². The predicted octanol–water partition coefficient (Wildman–Crippen LogP) is 1.86. The van der Waals surface area contributed by atoms with E-state index in [0.29, 0.717) is 0 Å². The molecule has 2 aromatic rings. The molecular weight excluding hydrogens is 214 g/mol. The fourth-order valence-electron chi connectivity index (χ4n) is 1.71. The minimum Gasteiger partial charge on any atom is -0.398 e. The van der Waals surface area contributed by atoms with E-state index in [1.165, 1.54) is 0 Å². The number of rotatable bonds is 4. The number of nitrogens with two attached hydrogens (primary N) is 1. The molecule has 0 amide bonds. The predicted molar refractivity (Wildman–Crippen MR) is 70.9 cm³/mol. The van der Waals surface area contributed by atoms with E-state index in [-0.39, 0.29) is 12.5 Å². The van der Waals surface area contributed by atoms with E-state index in [9.17, 15) is 0 Å². The van der Waals surface area contributed by atoms with Crippen molar-refractivity contribution in [2.75, 3.05) is 24.2 Å². The minimum atomic E-state index is 0.182. The van der Waals surface area contributed by atoms with Gasteiger partial charge < -0.3 is 16.2 Å². The molecule has 0 saturated carbocycles. The molecule has 1 aromatic carbocycles. The van der Waals surface area contributed by atoms with Gasteiger partial charge in [0.2, 0.25) is 0 Å². The number of benzene rings is 1. The number of aliphatic hydroxyl groups excluding tert-OH is 1. The van der Waals surface area contributed by atoms with Crippen molar-refractivity contribution in [2.45, 2.75) is 6.92 Å². The van der Waals surface area contributed by atoms with Crippen LogP contribution in [0.3, 0.4) is 0 Å². The van der Waals surface area contributed by atoms with Gasteiger partial charge >= 0.3 is 0 Å². The second kappa shape index (κ2) is 5.01. The second-order valence-corrected chi connectivity index (χ2v) is 4.29. The average Bonchev–Trinajstić information content (AvgIpc) is 2.38. The molecule has 4 heteroatoms. The normalized spacial score (nSPS) is 12.6. The fraction of sp³-hybridized carbons (Fsp3) is 0.308. The molecule has 4 N–H and O–H groups in total. The monoisotopic (exact) mass is 231 g/mol. The standard InChI is InChI=1S/C13H17N3O/c1-9(8-17)6-16-13-3-2-12(14)11-7-15-5-4-10(11)13/h2-5,7,9,16-17H,6,8,14H2,1H3. The summed E-state index contributed by atoms with van der Waals surface area (Å²) in [6.45, 7) is 2.91. The molecule has 90 valence electrons. The number of nitrogens with zero attached hydrogens (tertiary/aromatic N) is 1. The first-order valence-corrected chi connectivity index (χ1v) is 5.69. The zero-order valence-electron chi connectivity index (χ0n) is 9.85. The number of hydrogen-bond acceptors (Lipinski definition) is 4. The molecule has 0 aliphatic carbocycles. The molecule has 4 nitrogen and oxygen atoms in total. The highest BCUT2D eigenvalue weighted by Crippen LogP contribution is 2.27. The summed E-state index contributed by atoms with van der Waals surface area (Å²) in [5, 5.41) is 14.3. The Kier molecular flexibility index (Phi) is 3.44. The third kappa shape index (κ3) is 2.47. The van der Waals surface area contributed by atoms with Crippen molar-refractivity contribution in [3.8, 4) is 0 Å². The van der Waals surface area contributed by atoms with Crippen LogP contribution in [0.25, 0.3) is 10.8 Å². The lowest BCUT2D eigenvalue weighted by Crippen LogP contribution is -2.14. The quantitative estimate of drug-likeness (QED) is 0.702. The summed E-state index contributed by atoms with van der Waals surface area (Å²) in [4.78, 5) is 4.08. The summed E-state index contributed by atoms with van der Waals surface area (Å²) in [5.74, 6) is 0.226. The SMILES string of the molecule is CC(CO)CNc1ccc(N)c2cnccc12. The van der Waals surface area contributed by atoms with Crippen LogP contribution in [0.2, 0.25) is 0 Å². The van der Waals surface area contributed by atoms with Crippen LogP contribution in [0.15, 0.2) is 30.6 Å². The first-order chi connectivity index (χ1) is 8.22. The van der Waals surface area contributed by atoms with Gasteiger partial charge in [0.1, 0.15) is 0 Å². The summed E-state index contributed by atoms with van der Waals surface area (Å²) < 4.78 is 0. The van der Waals surface area contributed by atoms with Gasteiger partial charge in [-0.25, -0.2) is 0 Å². The highest BCUT2D eigenvalue weighted by molar-refractivity contribution is 6.00. The molecule has 0 saturated heterocycles. The lowest BCUT2D eigenvalue weighted by molar-refractivity contribution is 0.244. The van der Waals surface area contributed by atoms with Crippen LogP contribution >= 0.6 is 0 Å². The Bertz CT molecular complexity index is 513. The molecule has 1 heterocycles. The second-order valence-electron chi connectivity index (χ2n) is 4.29. The molecule has 0 spiro atoms. The number of anilines is 2. The van der Waals surface area contributed by atoms with Crippen LogP contribution in [0, 0.1) is 5.92 Å². The van der Waals surface area contributed by atoms with E-state index < -0.39 is 0 Å². The lowest BCUT2D eigenvalue weighted by atomic mass is 10.1. The Morgan fingerprint density at radius 1 is 1.35 bits per heavy atom. The van der Waals surface area contributed by atoms with Crippen LogP contribution in [0.4, 0.5) is 11.4 Å². The van der Waals surface area contributed by atoms with E-state index in [1.54, 1.807) is 12.4 Å². The molecule has 0 bridgehead atoms. The summed E-state index contributed by atoms with van der Waals surface area (Å²) in [6, 6.07) is 5.77. The van der Waals surface area contributed by atoms with Crippen molar-refractivity contribution >= 4 is 22.1 Å². The number of fused-ring (bicyclic) bond motifs is 1. The van der Waals surface area contributed by atoms with E-state index in [4.69, 9.17) is 10.8 Å². The lowest BCUT2D eigenvalue weighted by Gasteiger charge is -2.13. The van der Waals surface area contributed by atoms with Crippen LogP contribution in [0.5, 0.6) is 0 Å². The molecule has 17 heavy (non-hydrogen) atoms. The van der Waals surface area contributed by atoms with Gasteiger partial charge in [-0.3, -0.25) is 4.98 Å². The number of nitrogen functional groups attached to an aromatic ring is 1. The Morgan fingerprint density at radius 3 is 2.94 bits per heavy atom. The Hall–Kier alpha value is -1.81. The molecule has 0 fully saturated rings. The third-order valence-electron chi connectivity index (χ3n) is 2.80. The topological polar surface area (TPSA) is 71.2 Å². The fourth-order valence-corrected chi connectivity index (χ4v) is 1.71. The summed E-state index contributed by atoms with van der Waals surface area (Å²) in [7, 11) is 0. The number of nitrogens with one attached hydrogen (secondary N) is 1. The Morgan fingerprint density at radius 2 is 2.18 bits per heavy atom. The van der Waals surface area contributed by atoms with E-state index >= 15 is 0 Å². The molecular formula is C13H17N3O. The molecule has 1 atom stereocenters. The van der Waals surface area contributed by atoms with Crippen LogP contribution in [0.1, 0.15) is 6.92 Å². The molecule has 1 aromatic heterocycles. The minimum absolute atomic E-state index is 0.182. The van der Waals surface area contributed by atoms with E-state index in [0.717, 1.165) is 28.7 Å². The van der Waals surface area contributed by atoms with Crippen LogP contribution < -0.4 is 11.1 Å². The first kappa shape index (κ1) is 11.7. The van der Waals surface area contributed by atoms with Gasteiger partial charge in [-0.2, -0.15) is 0 Å². The summed E-state index contributed by atoms with van der Waals surface area (Å²) >= 11 is 0. The molecule has 2 rings (SSSR count). The number of hydrogen-bond donors (Lipinski definition) is 3. The van der Waals surface area contributed by atoms with Gasteiger partial charge in [0.25, 0.3) is 0 Å². The maximum absolute atomic E-state index is 9.00. The maximum atomic E-state index is 9.00. The highest BCUT2D eigenvalue weighted by Gasteiger charge is 2.05. The van der Waals surface area contributed by atoms with Crippen molar-refractivity contribution in [2.24, 2.45) is 5.92 Å². The average molecular weight is 231 g/mol. The van der Waals surface area contributed by atoms with Gasteiger partial charge in [-0.05, 0) is 24.1 Å².